The molecule has 0 aromatic heterocycles. The maximum absolute atomic E-state index is 12.2. The van der Waals surface area contributed by atoms with Crippen LogP contribution in [0.15, 0.2) is 27.6 Å². The van der Waals surface area contributed by atoms with E-state index in [2.05, 4.69) is 26.0 Å². The van der Waals surface area contributed by atoms with Gasteiger partial charge in [0, 0.05) is 22.6 Å². The lowest BCUT2D eigenvalue weighted by atomic mass is 10.2. The Balaban J connectivity index is 0.00000400. The number of carbonyl (C=O) groups excluding carboxylic acids is 1. The van der Waals surface area contributed by atoms with E-state index in [1.165, 1.54) is 18.2 Å². The van der Waals surface area contributed by atoms with Gasteiger partial charge in [-0.2, -0.15) is 0 Å². The van der Waals surface area contributed by atoms with Crippen LogP contribution in [0.5, 0.6) is 0 Å². The number of hydrogen-bond donors (Lipinski definition) is 3. The van der Waals surface area contributed by atoms with Gasteiger partial charge in [-0.15, -0.1) is 12.4 Å². The number of hydrogen-bond acceptors (Lipinski definition) is 4. The van der Waals surface area contributed by atoms with Crippen LogP contribution in [0.3, 0.4) is 0 Å². The van der Waals surface area contributed by atoms with Crippen molar-refractivity contribution in [1.82, 2.24) is 10.0 Å². The van der Waals surface area contributed by atoms with Crippen molar-refractivity contribution in [3.05, 3.63) is 28.2 Å². The fourth-order valence-corrected chi connectivity index (χ4v) is 3.44. The molecule has 1 aromatic rings. The highest BCUT2D eigenvalue weighted by atomic mass is 79.9. The van der Waals surface area contributed by atoms with Gasteiger partial charge >= 0.3 is 0 Å². The standard InChI is InChI=1S/C12H18BrN3O3S.ClH/c1-3-15-8(2)7-16-20(18,19)11-5-9(12(14)17)4-10(13)6-11;/h4-6,8,15-16H,3,7H2,1-2H3,(H2,14,17);1H/t8-;/m1./s1. The van der Waals surface area contributed by atoms with Crippen molar-refractivity contribution < 1.29 is 13.2 Å². The molecule has 120 valence electrons. The number of halogens is 2. The van der Waals surface area contributed by atoms with Gasteiger partial charge < -0.3 is 11.1 Å². The molecule has 0 radical (unpaired) electrons. The Morgan fingerprint density at radius 1 is 1.38 bits per heavy atom. The Kier molecular flexibility index (Phi) is 8.42. The van der Waals surface area contributed by atoms with Crippen LogP contribution in [-0.4, -0.2) is 33.5 Å². The van der Waals surface area contributed by atoms with E-state index in [1.54, 1.807) is 0 Å². The number of sulfonamides is 1. The van der Waals surface area contributed by atoms with Gasteiger partial charge in [-0.05, 0) is 31.7 Å². The summed E-state index contributed by atoms with van der Waals surface area (Å²) < 4.78 is 27.3. The lowest BCUT2D eigenvalue weighted by molar-refractivity contribution is 0.1000. The minimum atomic E-state index is -3.68. The van der Waals surface area contributed by atoms with Gasteiger partial charge in [-0.25, -0.2) is 13.1 Å². The minimum Gasteiger partial charge on any atom is -0.366 e. The quantitative estimate of drug-likeness (QED) is 0.641. The van der Waals surface area contributed by atoms with Crippen LogP contribution in [0.1, 0.15) is 24.2 Å². The van der Waals surface area contributed by atoms with Crippen molar-refractivity contribution in [2.24, 2.45) is 5.73 Å². The van der Waals surface area contributed by atoms with Crippen molar-refractivity contribution in [2.75, 3.05) is 13.1 Å². The first-order valence-electron chi connectivity index (χ1n) is 6.09. The lowest BCUT2D eigenvalue weighted by Gasteiger charge is -2.14. The molecule has 1 amide bonds. The zero-order valence-electron chi connectivity index (χ0n) is 11.7. The molecule has 0 fully saturated rings. The van der Waals surface area contributed by atoms with E-state index in [9.17, 15) is 13.2 Å². The molecule has 0 unspecified atom stereocenters. The Morgan fingerprint density at radius 2 is 2.00 bits per heavy atom. The molecule has 0 bridgehead atoms. The van der Waals surface area contributed by atoms with Gasteiger partial charge in [-0.3, -0.25) is 4.79 Å². The monoisotopic (exact) mass is 399 g/mol. The lowest BCUT2D eigenvalue weighted by Crippen LogP contribution is -2.38. The number of carbonyl (C=O) groups is 1. The third-order valence-corrected chi connectivity index (χ3v) is 4.46. The number of likely N-dealkylation sites (N-methyl/N-ethyl adjacent to an activating group) is 1. The average molecular weight is 401 g/mol. The van der Waals surface area contributed by atoms with E-state index >= 15 is 0 Å². The Hall–Kier alpha value is -0.670. The van der Waals surface area contributed by atoms with Crippen LogP contribution in [0.25, 0.3) is 0 Å². The van der Waals surface area contributed by atoms with E-state index in [0.29, 0.717) is 4.47 Å². The molecular weight excluding hydrogens is 382 g/mol. The van der Waals surface area contributed by atoms with Gasteiger partial charge in [-0.1, -0.05) is 22.9 Å². The fraction of sp³-hybridized carbons (Fsp3) is 0.417. The Labute approximate surface area is 139 Å². The highest BCUT2D eigenvalue weighted by Crippen LogP contribution is 2.19. The van der Waals surface area contributed by atoms with E-state index in [-0.39, 0.29) is 35.5 Å². The zero-order chi connectivity index (χ0) is 15.3. The number of nitrogens with one attached hydrogen (secondary N) is 2. The first kappa shape index (κ1) is 20.3. The molecule has 0 aliphatic rings. The normalized spacial score (nSPS) is 12.5. The van der Waals surface area contributed by atoms with Crippen molar-refractivity contribution >= 4 is 44.3 Å². The van der Waals surface area contributed by atoms with Crippen LogP contribution < -0.4 is 15.8 Å². The Bertz CT molecular complexity index is 595. The van der Waals surface area contributed by atoms with Gasteiger partial charge in [0.15, 0.2) is 0 Å². The van der Waals surface area contributed by atoms with Gasteiger partial charge in [0.1, 0.15) is 0 Å². The summed E-state index contributed by atoms with van der Waals surface area (Å²) in [6, 6.07) is 4.17. The zero-order valence-corrected chi connectivity index (χ0v) is 14.9. The first-order chi connectivity index (χ1) is 9.26. The number of amides is 1. The molecule has 1 aromatic carbocycles. The van der Waals surface area contributed by atoms with E-state index in [1.807, 2.05) is 13.8 Å². The van der Waals surface area contributed by atoms with E-state index < -0.39 is 15.9 Å². The third-order valence-electron chi connectivity index (χ3n) is 2.60. The van der Waals surface area contributed by atoms with Gasteiger partial charge in [0.05, 0.1) is 4.90 Å². The summed E-state index contributed by atoms with van der Waals surface area (Å²) >= 11 is 3.17. The summed E-state index contributed by atoms with van der Waals surface area (Å²) in [4.78, 5) is 11.2. The van der Waals surface area contributed by atoms with Crippen molar-refractivity contribution in [3.8, 4) is 0 Å². The number of rotatable bonds is 7. The highest BCUT2D eigenvalue weighted by Gasteiger charge is 2.17. The fourth-order valence-electron chi connectivity index (χ4n) is 1.60. The molecule has 0 spiro atoms. The van der Waals surface area contributed by atoms with Gasteiger partial charge in [0.25, 0.3) is 0 Å². The van der Waals surface area contributed by atoms with Crippen molar-refractivity contribution in [3.63, 3.8) is 0 Å². The highest BCUT2D eigenvalue weighted by molar-refractivity contribution is 9.10. The molecule has 1 atom stereocenters. The SMILES string of the molecule is CCN[C@H](C)CNS(=O)(=O)c1cc(Br)cc(C(N)=O)c1.Cl. The Morgan fingerprint density at radius 3 is 2.52 bits per heavy atom. The maximum Gasteiger partial charge on any atom is 0.248 e. The van der Waals surface area contributed by atoms with Crippen LogP contribution in [0.2, 0.25) is 0 Å². The first-order valence-corrected chi connectivity index (χ1v) is 8.37. The predicted molar refractivity (Wildman–Crippen MR) is 88.2 cm³/mol. The topological polar surface area (TPSA) is 101 Å². The summed E-state index contributed by atoms with van der Waals surface area (Å²) in [5, 5.41) is 3.10. The molecule has 21 heavy (non-hydrogen) atoms. The summed E-state index contributed by atoms with van der Waals surface area (Å²) in [6.07, 6.45) is 0. The van der Waals surface area contributed by atoms with E-state index in [0.717, 1.165) is 6.54 Å². The minimum absolute atomic E-state index is 0. The summed E-state index contributed by atoms with van der Waals surface area (Å²) in [5.74, 6) is -0.677. The van der Waals surface area contributed by atoms with Crippen LogP contribution in [0, 0.1) is 0 Å². The molecule has 0 saturated heterocycles. The van der Waals surface area contributed by atoms with Crippen LogP contribution >= 0.6 is 28.3 Å². The van der Waals surface area contributed by atoms with Crippen molar-refractivity contribution in [2.45, 2.75) is 24.8 Å². The number of benzene rings is 1. The molecule has 1 rings (SSSR count). The number of nitrogens with two attached hydrogens (primary N) is 1. The second kappa shape index (κ2) is 8.70. The smallest absolute Gasteiger partial charge is 0.248 e. The third kappa shape index (κ3) is 6.31. The molecule has 0 aliphatic carbocycles. The largest absolute Gasteiger partial charge is 0.366 e. The molecule has 0 heterocycles. The molecule has 4 N–H and O–H groups in total. The molecule has 6 nitrogen and oxygen atoms in total. The second-order valence-corrected chi connectivity index (χ2v) is 7.03. The molecule has 0 aliphatic heterocycles. The average Bonchev–Trinajstić information content (AvgIpc) is 2.36. The summed E-state index contributed by atoms with van der Waals surface area (Å²) in [5.41, 5.74) is 5.31. The molecule has 0 saturated carbocycles. The van der Waals surface area contributed by atoms with E-state index in [4.69, 9.17) is 5.73 Å². The van der Waals surface area contributed by atoms with Gasteiger partial charge in [0.2, 0.25) is 15.9 Å². The second-order valence-electron chi connectivity index (χ2n) is 4.35. The van der Waals surface area contributed by atoms with Crippen molar-refractivity contribution in [1.29, 1.82) is 0 Å². The number of primary amides is 1. The van der Waals surface area contributed by atoms with Crippen LogP contribution in [0.4, 0.5) is 0 Å². The maximum atomic E-state index is 12.2. The predicted octanol–water partition coefficient (Wildman–Crippen LogP) is 1.25. The molecule has 9 heteroatoms. The summed E-state index contributed by atoms with van der Waals surface area (Å²) in [6.45, 7) is 4.83. The molecular formula is C12H19BrClN3O3S. The van der Waals surface area contributed by atoms with Crippen LogP contribution in [-0.2, 0) is 10.0 Å². The summed E-state index contributed by atoms with van der Waals surface area (Å²) in [7, 11) is -3.68.